The van der Waals surface area contributed by atoms with Gasteiger partial charge in [0.05, 0.1) is 39.6 Å². The number of halogens is 1. The standard InChI is InChI=1S/C5H14NO.Ca.ClH2O4P.2H/c1-6(2,3)4-5-7;;1-5-6(2,3)4;;/h7H,4-5H2,1-3H3;;(H2,2,3,4);;/q+1;+2;;2*-1. The van der Waals surface area contributed by atoms with Crippen molar-refractivity contribution in [2.45, 2.75) is 0 Å². The van der Waals surface area contributed by atoms with Gasteiger partial charge in [0, 0.05) is 0 Å². The van der Waals surface area contributed by atoms with Crippen LogP contribution < -0.4 is 0 Å². The van der Waals surface area contributed by atoms with Crippen LogP contribution in [0.15, 0.2) is 0 Å². The van der Waals surface area contributed by atoms with Gasteiger partial charge in [-0.25, -0.2) is 4.57 Å². The summed E-state index contributed by atoms with van der Waals surface area (Å²) in [4.78, 5) is 15.2. The molecular formula is C5H18CaClNO5P+. The zero-order valence-electron chi connectivity index (χ0n) is 10.6. The fourth-order valence-corrected chi connectivity index (χ4v) is 0.300. The molecule has 0 amide bonds. The fraction of sp³-hybridized carbons (Fsp3) is 1.00. The predicted octanol–water partition coefficient (Wildman–Crippen LogP) is -0.221. The molecule has 0 aliphatic rings. The fourth-order valence-electron chi connectivity index (χ4n) is 0.300. The molecule has 0 saturated heterocycles. The zero-order valence-corrected chi connectivity index (χ0v) is 12.4. The SMILES string of the molecule is C[N+](C)(C)CCO.O=P(O)(O)OCl.[Ca+2].[H-].[H-]. The van der Waals surface area contributed by atoms with Crippen molar-refractivity contribution in [3.8, 4) is 0 Å². The van der Waals surface area contributed by atoms with E-state index in [1.54, 1.807) is 0 Å². The van der Waals surface area contributed by atoms with Crippen LogP contribution in [0.1, 0.15) is 2.85 Å². The van der Waals surface area contributed by atoms with E-state index in [2.05, 4.69) is 37.1 Å². The molecule has 0 rings (SSSR count). The second-order valence-corrected chi connectivity index (χ2v) is 4.83. The minimum Gasteiger partial charge on any atom is -1.00 e. The molecule has 0 saturated carbocycles. The summed E-state index contributed by atoms with van der Waals surface area (Å²) >= 11 is 4.21. The van der Waals surface area contributed by atoms with Crippen LogP contribution in [0.4, 0.5) is 0 Å². The molecular weight excluding hydrogens is 261 g/mol. The van der Waals surface area contributed by atoms with Crippen molar-refractivity contribution in [2.75, 3.05) is 34.3 Å². The van der Waals surface area contributed by atoms with Gasteiger partial charge >= 0.3 is 45.6 Å². The van der Waals surface area contributed by atoms with Gasteiger partial charge in [0.25, 0.3) is 0 Å². The van der Waals surface area contributed by atoms with Crippen LogP contribution in [0.2, 0.25) is 0 Å². The van der Waals surface area contributed by atoms with E-state index < -0.39 is 7.82 Å². The Bertz CT molecular complexity index is 179. The molecule has 0 aromatic heterocycles. The van der Waals surface area contributed by atoms with Gasteiger partial charge in [-0.3, -0.25) is 0 Å². The molecule has 0 bridgehead atoms. The molecule has 0 unspecified atom stereocenters. The Hall–Kier alpha value is 1.58. The van der Waals surface area contributed by atoms with Gasteiger partial charge in [0.1, 0.15) is 6.54 Å². The van der Waals surface area contributed by atoms with Crippen LogP contribution in [0.5, 0.6) is 0 Å². The monoisotopic (exact) mass is 278 g/mol. The van der Waals surface area contributed by atoms with Crippen LogP contribution in [-0.2, 0) is 8.64 Å². The van der Waals surface area contributed by atoms with E-state index >= 15 is 0 Å². The van der Waals surface area contributed by atoms with E-state index in [0.29, 0.717) is 0 Å². The largest absolute Gasteiger partial charge is 2.00 e. The Balaban J connectivity index is -0.0000000428. The van der Waals surface area contributed by atoms with Crippen LogP contribution in [0, 0.1) is 0 Å². The number of phosphoric acid groups is 1. The van der Waals surface area contributed by atoms with Gasteiger partial charge in [0.15, 0.2) is 0 Å². The first-order valence-electron chi connectivity index (χ1n) is 3.39. The quantitative estimate of drug-likeness (QED) is 0.377. The molecule has 0 spiro atoms. The summed E-state index contributed by atoms with van der Waals surface area (Å²) in [6.07, 6.45) is 0. The molecule has 3 N–H and O–H groups in total. The van der Waals surface area contributed by atoms with E-state index in [-0.39, 0.29) is 47.2 Å². The summed E-state index contributed by atoms with van der Waals surface area (Å²) in [6.45, 7) is 1.11. The summed E-state index contributed by atoms with van der Waals surface area (Å²) in [7, 11) is 1.77. The molecule has 14 heavy (non-hydrogen) atoms. The molecule has 0 aromatic rings. The predicted molar refractivity (Wildman–Crippen MR) is 56.9 cm³/mol. The maximum atomic E-state index is 9.34. The first kappa shape index (κ1) is 20.9. The third-order valence-corrected chi connectivity index (χ3v) is 1.58. The molecule has 0 aliphatic heterocycles. The summed E-state index contributed by atoms with van der Waals surface area (Å²) < 4.78 is 13.3. The van der Waals surface area contributed by atoms with Crippen LogP contribution in [0.3, 0.4) is 0 Å². The van der Waals surface area contributed by atoms with E-state index in [0.717, 1.165) is 11.0 Å². The van der Waals surface area contributed by atoms with Crippen LogP contribution in [-0.4, -0.2) is 91.4 Å². The Kier molecular flexibility index (Phi) is 14.6. The van der Waals surface area contributed by atoms with Crippen molar-refractivity contribution in [2.24, 2.45) is 0 Å². The zero-order chi connectivity index (χ0) is 11.1. The first-order valence-corrected chi connectivity index (χ1v) is 5.23. The molecule has 0 heterocycles. The van der Waals surface area contributed by atoms with Gasteiger partial charge in [-0.1, -0.05) is 0 Å². The smallest absolute Gasteiger partial charge is 1.00 e. The van der Waals surface area contributed by atoms with E-state index in [4.69, 9.17) is 14.9 Å². The Morgan fingerprint density at radius 2 is 1.71 bits per heavy atom. The molecule has 86 valence electrons. The van der Waals surface area contributed by atoms with Gasteiger partial charge in [-0.2, -0.15) is 4.08 Å². The van der Waals surface area contributed by atoms with Crippen molar-refractivity contribution < 1.29 is 30.9 Å². The molecule has 0 aromatic carbocycles. The Morgan fingerprint density at radius 3 is 1.71 bits per heavy atom. The Morgan fingerprint density at radius 1 is 1.43 bits per heavy atom. The van der Waals surface area contributed by atoms with Crippen LogP contribution >= 0.6 is 19.7 Å². The normalized spacial score (nSPS) is 11.1. The van der Waals surface area contributed by atoms with Crippen molar-refractivity contribution in [3.63, 3.8) is 0 Å². The topological polar surface area (TPSA) is 87.0 Å². The molecule has 0 aliphatic carbocycles. The number of hydrogen-bond acceptors (Lipinski definition) is 3. The second-order valence-electron chi connectivity index (χ2n) is 3.30. The van der Waals surface area contributed by atoms with Gasteiger partial charge < -0.3 is 22.2 Å². The number of aliphatic hydroxyl groups excluding tert-OH is 1. The third-order valence-electron chi connectivity index (χ3n) is 0.861. The van der Waals surface area contributed by atoms with Crippen molar-refractivity contribution in [3.05, 3.63) is 0 Å². The van der Waals surface area contributed by atoms with Crippen molar-refractivity contribution in [1.82, 2.24) is 0 Å². The molecule has 0 radical (unpaired) electrons. The number of aliphatic hydroxyl groups is 1. The number of quaternary nitrogens is 1. The Labute approximate surface area is 122 Å². The van der Waals surface area contributed by atoms with Gasteiger partial charge in [-0.05, 0) is 0 Å². The molecule has 0 fully saturated rings. The average molecular weight is 279 g/mol. The van der Waals surface area contributed by atoms with Crippen molar-refractivity contribution in [1.29, 1.82) is 0 Å². The summed E-state index contributed by atoms with van der Waals surface area (Å²) in [5.74, 6) is 0. The first-order chi connectivity index (χ1) is 5.62. The number of nitrogens with zero attached hydrogens (tertiary/aromatic N) is 1. The maximum absolute atomic E-state index is 9.34. The van der Waals surface area contributed by atoms with Crippen LogP contribution in [0.25, 0.3) is 0 Å². The van der Waals surface area contributed by atoms with Gasteiger partial charge in [-0.15, -0.1) is 0 Å². The number of rotatable bonds is 3. The third kappa shape index (κ3) is 29.2. The molecule has 0 atom stereocenters. The summed E-state index contributed by atoms with van der Waals surface area (Å²) in [6, 6.07) is 0. The summed E-state index contributed by atoms with van der Waals surface area (Å²) in [5.41, 5.74) is 0. The minimum atomic E-state index is -4.38. The molecule has 6 nitrogen and oxygen atoms in total. The van der Waals surface area contributed by atoms with E-state index in [9.17, 15) is 4.57 Å². The number of hydrogen-bond donors (Lipinski definition) is 3. The van der Waals surface area contributed by atoms with Gasteiger partial charge in [0.2, 0.25) is 0 Å². The van der Waals surface area contributed by atoms with Crippen molar-refractivity contribution >= 4 is 57.4 Å². The van der Waals surface area contributed by atoms with E-state index in [1.165, 1.54) is 0 Å². The van der Waals surface area contributed by atoms with E-state index in [1.807, 2.05) is 0 Å². The summed E-state index contributed by atoms with van der Waals surface area (Å²) in [5, 5.41) is 8.39. The average Bonchev–Trinajstić information content (AvgIpc) is 1.84. The number of likely N-dealkylation sites (N-methyl/N-ethyl adjacent to an activating group) is 1. The molecule has 9 heteroatoms. The minimum absolute atomic E-state index is 0. The second kappa shape index (κ2) is 9.78. The maximum Gasteiger partial charge on any atom is 2.00 e.